The van der Waals surface area contributed by atoms with Gasteiger partial charge < -0.3 is 20.6 Å². The lowest BCUT2D eigenvalue weighted by atomic mass is 10.2. The maximum absolute atomic E-state index is 12.4. The topological polar surface area (TPSA) is 82.7 Å². The summed E-state index contributed by atoms with van der Waals surface area (Å²) in [6, 6.07) is -0.0821. The van der Waals surface area contributed by atoms with Crippen molar-refractivity contribution in [2.75, 3.05) is 37.4 Å². The Morgan fingerprint density at radius 1 is 1.68 bits per heavy atom. The minimum Gasteiger partial charge on any atom is -0.394 e. The van der Waals surface area contributed by atoms with E-state index >= 15 is 0 Å². The fourth-order valence-electron chi connectivity index (χ4n) is 2.20. The number of rotatable bonds is 4. The summed E-state index contributed by atoms with van der Waals surface area (Å²) < 4.78 is 0. The van der Waals surface area contributed by atoms with Crippen LogP contribution in [0.2, 0.25) is 0 Å². The zero-order chi connectivity index (χ0) is 14.0. The summed E-state index contributed by atoms with van der Waals surface area (Å²) in [5.74, 6) is 0.177. The first-order chi connectivity index (χ1) is 9.08. The van der Waals surface area contributed by atoms with E-state index in [0.717, 1.165) is 24.5 Å². The molecule has 1 amide bonds. The zero-order valence-corrected chi connectivity index (χ0v) is 12.1. The van der Waals surface area contributed by atoms with Crippen molar-refractivity contribution in [3.05, 3.63) is 4.88 Å². The summed E-state index contributed by atoms with van der Waals surface area (Å²) in [4.78, 5) is 20.8. The maximum atomic E-state index is 12.4. The van der Waals surface area contributed by atoms with E-state index in [1.807, 2.05) is 18.9 Å². The highest BCUT2D eigenvalue weighted by Gasteiger charge is 2.31. The van der Waals surface area contributed by atoms with Gasteiger partial charge in [0.25, 0.3) is 5.91 Å². The summed E-state index contributed by atoms with van der Waals surface area (Å²) in [5, 5.41) is 10.0. The molecule has 1 aromatic rings. The highest BCUT2D eigenvalue weighted by Crippen LogP contribution is 2.30. The van der Waals surface area contributed by atoms with E-state index in [0.29, 0.717) is 11.4 Å². The lowest BCUT2D eigenvalue weighted by Crippen LogP contribution is -2.37. The van der Waals surface area contributed by atoms with E-state index in [4.69, 9.17) is 5.73 Å². The largest absolute Gasteiger partial charge is 0.394 e. The maximum Gasteiger partial charge on any atom is 0.268 e. The van der Waals surface area contributed by atoms with Crippen LogP contribution in [0.4, 0.5) is 10.9 Å². The number of aromatic nitrogens is 1. The second-order valence-corrected chi connectivity index (χ2v) is 5.68. The fourth-order valence-corrected chi connectivity index (χ4v) is 3.16. The second-order valence-electron chi connectivity index (χ2n) is 4.70. The van der Waals surface area contributed by atoms with Gasteiger partial charge in [0.1, 0.15) is 10.7 Å². The Bertz CT molecular complexity index is 463. The molecular weight excluding hydrogens is 264 g/mol. The molecule has 1 fully saturated rings. The van der Waals surface area contributed by atoms with E-state index in [1.165, 1.54) is 11.3 Å². The standard InChI is InChI=1S/C12H20N4O2S/c1-3-15(2)12-14-10(13)9(19-12)11(18)16-6-4-5-8(16)7-17/h8,17H,3-7,13H2,1-2H3. The molecule has 1 aromatic heterocycles. The first-order valence-corrected chi connectivity index (χ1v) is 7.29. The fraction of sp³-hybridized carbons (Fsp3) is 0.667. The summed E-state index contributed by atoms with van der Waals surface area (Å²) in [6.07, 6.45) is 1.78. The van der Waals surface area contributed by atoms with Crippen LogP contribution in [0.5, 0.6) is 0 Å². The van der Waals surface area contributed by atoms with E-state index < -0.39 is 0 Å². The number of anilines is 2. The first-order valence-electron chi connectivity index (χ1n) is 6.47. The van der Waals surface area contributed by atoms with Crippen molar-refractivity contribution in [1.29, 1.82) is 0 Å². The number of nitrogen functional groups attached to an aromatic ring is 1. The monoisotopic (exact) mass is 284 g/mol. The molecule has 2 rings (SSSR count). The van der Waals surface area contributed by atoms with Gasteiger partial charge >= 0.3 is 0 Å². The van der Waals surface area contributed by atoms with Crippen LogP contribution in [0.25, 0.3) is 0 Å². The van der Waals surface area contributed by atoms with Crippen LogP contribution >= 0.6 is 11.3 Å². The number of hydrogen-bond acceptors (Lipinski definition) is 6. The van der Waals surface area contributed by atoms with Crippen molar-refractivity contribution >= 4 is 28.2 Å². The number of nitrogens with two attached hydrogens (primary N) is 1. The van der Waals surface area contributed by atoms with Gasteiger partial charge in [-0.3, -0.25) is 4.79 Å². The Morgan fingerprint density at radius 3 is 3.05 bits per heavy atom. The summed E-state index contributed by atoms with van der Waals surface area (Å²) >= 11 is 1.32. The number of nitrogens with zero attached hydrogens (tertiary/aromatic N) is 3. The van der Waals surface area contributed by atoms with Crippen molar-refractivity contribution in [3.63, 3.8) is 0 Å². The number of likely N-dealkylation sites (tertiary alicyclic amines) is 1. The van der Waals surface area contributed by atoms with Gasteiger partial charge in [-0.15, -0.1) is 0 Å². The average Bonchev–Trinajstić information content (AvgIpc) is 3.03. The number of carbonyl (C=O) groups excluding carboxylic acids is 1. The molecule has 1 aliphatic heterocycles. The van der Waals surface area contributed by atoms with Crippen LogP contribution in [-0.2, 0) is 0 Å². The molecule has 0 aliphatic carbocycles. The van der Waals surface area contributed by atoms with Crippen LogP contribution in [0.15, 0.2) is 0 Å². The lowest BCUT2D eigenvalue weighted by molar-refractivity contribution is 0.0683. The second kappa shape index (κ2) is 5.75. The summed E-state index contributed by atoms with van der Waals surface area (Å²) in [7, 11) is 1.92. The van der Waals surface area contributed by atoms with E-state index in [9.17, 15) is 9.90 Å². The highest BCUT2D eigenvalue weighted by atomic mass is 32.1. The van der Waals surface area contributed by atoms with Gasteiger partial charge in [-0.25, -0.2) is 4.98 Å². The quantitative estimate of drug-likeness (QED) is 0.853. The normalized spacial score (nSPS) is 18.9. The molecule has 1 unspecified atom stereocenters. The van der Waals surface area contributed by atoms with Gasteiger partial charge in [0, 0.05) is 20.1 Å². The number of amides is 1. The third-order valence-electron chi connectivity index (χ3n) is 3.49. The number of aliphatic hydroxyl groups excluding tert-OH is 1. The third-order valence-corrected chi connectivity index (χ3v) is 4.66. The molecule has 0 saturated carbocycles. The number of hydrogen-bond donors (Lipinski definition) is 2. The van der Waals surface area contributed by atoms with Gasteiger partial charge in [0.05, 0.1) is 12.6 Å². The Hall–Kier alpha value is -1.34. The smallest absolute Gasteiger partial charge is 0.268 e. The van der Waals surface area contributed by atoms with Gasteiger partial charge in [-0.1, -0.05) is 11.3 Å². The van der Waals surface area contributed by atoms with Crippen molar-refractivity contribution in [1.82, 2.24) is 9.88 Å². The van der Waals surface area contributed by atoms with Crippen molar-refractivity contribution in [3.8, 4) is 0 Å². The van der Waals surface area contributed by atoms with Crippen molar-refractivity contribution in [2.24, 2.45) is 0 Å². The molecular formula is C12H20N4O2S. The predicted octanol–water partition coefficient (Wildman–Crippen LogP) is 0.778. The van der Waals surface area contributed by atoms with E-state index in [1.54, 1.807) is 4.90 Å². The van der Waals surface area contributed by atoms with Gasteiger partial charge in [-0.05, 0) is 19.8 Å². The van der Waals surface area contributed by atoms with Crippen molar-refractivity contribution in [2.45, 2.75) is 25.8 Å². The molecule has 7 heteroatoms. The van der Waals surface area contributed by atoms with Crippen LogP contribution in [0.3, 0.4) is 0 Å². The van der Waals surface area contributed by atoms with Gasteiger partial charge in [0.2, 0.25) is 0 Å². The molecule has 19 heavy (non-hydrogen) atoms. The van der Waals surface area contributed by atoms with Crippen LogP contribution < -0.4 is 10.6 Å². The minimum absolute atomic E-state index is 0.00612. The summed E-state index contributed by atoms with van der Waals surface area (Å²) in [5.41, 5.74) is 5.85. The van der Waals surface area contributed by atoms with Crippen LogP contribution in [-0.4, -0.2) is 53.7 Å². The third kappa shape index (κ3) is 2.66. The Balaban J connectivity index is 2.21. The van der Waals surface area contributed by atoms with E-state index in [2.05, 4.69) is 4.98 Å². The first kappa shape index (κ1) is 14.1. The molecule has 2 heterocycles. The Kier molecular flexibility index (Phi) is 4.26. The van der Waals surface area contributed by atoms with Crippen LogP contribution in [0.1, 0.15) is 29.4 Å². The molecule has 3 N–H and O–H groups in total. The molecule has 1 aliphatic rings. The zero-order valence-electron chi connectivity index (χ0n) is 11.3. The highest BCUT2D eigenvalue weighted by molar-refractivity contribution is 7.18. The van der Waals surface area contributed by atoms with Gasteiger partial charge in [0.15, 0.2) is 5.13 Å². The molecule has 0 spiro atoms. The minimum atomic E-state index is -0.109. The van der Waals surface area contributed by atoms with Gasteiger partial charge in [-0.2, -0.15) is 0 Å². The van der Waals surface area contributed by atoms with E-state index in [-0.39, 0.29) is 24.4 Å². The molecule has 6 nitrogen and oxygen atoms in total. The number of aliphatic hydroxyl groups is 1. The summed E-state index contributed by atoms with van der Waals surface area (Å²) in [6.45, 7) is 3.51. The molecule has 0 bridgehead atoms. The lowest BCUT2D eigenvalue weighted by Gasteiger charge is -2.22. The molecule has 1 saturated heterocycles. The Morgan fingerprint density at radius 2 is 2.42 bits per heavy atom. The molecule has 0 radical (unpaired) electrons. The average molecular weight is 284 g/mol. The molecule has 0 aromatic carbocycles. The molecule has 106 valence electrons. The predicted molar refractivity (Wildman–Crippen MR) is 76.6 cm³/mol. The number of carbonyl (C=O) groups is 1. The number of thiazole rings is 1. The SMILES string of the molecule is CCN(C)c1nc(N)c(C(=O)N2CCCC2CO)s1. The van der Waals surface area contributed by atoms with Crippen LogP contribution in [0, 0.1) is 0 Å². The van der Waals surface area contributed by atoms with Crippen molar-refractivity contribution < 1.29 is 9.90 Å². The Labute approximate surface area is 116 Å². The molecule has 1 atom stereocenters.